The van der Waals surface area contributed by atoms with Gasteiger partial charge < -0.3 is 10.0 Å². The van der Waals surface area contributed by atoms with Crippen LogP contribution in [0.2, 0.25) is 5.02 Å². The number of carbonyl (C=O) groups excluding carboxylic acids is 1. The van der Waals surface area contributed by atoms with Gasteiger partial charge in [-0.15, -0.1) is 0 Å². The molecule has 0 bridgehead atoms. The second kappa shape index (κ2) is 4.57. The molecule has 2 unspecified atom stereocenters. The zero-order valence-corrected chi connectivity index (χ0v) is 10.7. The van der Waals surface area contributed by atoms with Crippen LogP contribution < -0.4 is 0 Å². The molecule has 1 fully saturated rings. The normalized spacial score (nSPS) is 24.1. The Morgan fingerprint density at radius 3 is 2.53 bits per heavy atom. The van der Waals surface area contributed by atoms with Crippen LogP contribution in [0.15, 0.2) is 18.2 Å². The van der Waals surface area contributed by atoms with E-state index in [0.717, 1.165) is 13.1 Å². The zero-order chi connectivity index (χ0) is 12.6. The average Bonchev–Trinajstić information content (AvgIpc) is 2.62. The SMILES string of the molecule is CC1CN(C(=O)c2cc(Cl)ccc2O)CC1C. The predicted molar refractivity (Wildman–Crippen MR) is 67.3 cm³/mol. The summed E-state index contributed by atoms with van der Waals surface area (Å²) in [5.74, 6) is 0.855. The molecule has 0 aromatic heterocycles. The summed E-state index contributed by atoms with van der Waals surface area (Å²) in [6.07, 6.45) is 0. The van der Waals surface area contributed by atoms with Crippen molar-refractivity contribution in [2.24, 2.45) is 11.8 Å². The van der Waals surface area contributed by atoms with E-state index >= 15 is 0 Å². The predicted octanol–water partition coefficient (Wildman–Crippen LogP) is 2.77. The Morgan fingerprint density at radius 1 is 1.35 bits per heavy atom. The molecule has 1 aliphatic heterocycles. The van der Waals surface area contributed by atoms with Gasteiger partial charge in [0.05, 0.1) is 5.56 Å². The highest BCUT2D eigenvalue weighted by Gasteiger charge is 2.30. The highest BCUT2D eigenvalue weighted by atomic mass is 35.5. The van der Waals surface area contributed by atoms with Gasteiger partial charge in [-0.1, -0.05) is 25.4 Å². The Labute approximate surface area is 106 Å². The summed E-state index contributed by atoms with van der Waals surface area (Å²) in [4.78, 5) is 14.0. The third-order valence-corrected chi connectivity index (χ3v) is 3.70. The van der Waals surface area contributed by atoms with Crippen LogP contribution in [0, 0.1) is 11.8 Å². The van der Waals surface area contributed by atoms with Crippen LogP contribution in [-0.2, 0) is 0 Å². The summed E-state index contributed by atoms with van der Waals surface area (Å²) < 4.78 is 0. The van der Waals surface area contributed by atoms with Crippen molar-refractivity contribution in [1.29, 1.82) is 0 Å². The van der Waals surface area contributed by atoms with Crippen molar-refractivity contribution in [2.75, 3.05) is 13.1 Å². The maximum Gasteiger partial charge on any atom is 0.257 e. The van der Waals surface area contributed by atoms with Gasteiger partial charge in [0.25, 0.3) is 5.91 Å². The molecule has 4 heteroatoms. The van der Waals surface area contributed by atoms with Crippen LogP contribution >= 0.6 is 11.6 Å². The molecule has 92 valence electrons. The van der Waals surface area contributed by atoms with Gasteiger partial charge >= 0.3 is 0 Å². The highest BCUT2D eigenvalue weighted by molar-refractivity contribution is 6.31. The number of phenols is 1. The minimum Gasteiger partial charge on any atom is -0.507 e. The molecule has 0 aliphatic carbocycles. The molecule has 0 spiro atoms. The lowest BCUT2D eigenvalue weighted by Crippen LogP contribution is -2.28. The topological polar surface area (TPSA) is 40.5 Å². The van der Waals surface area contributed by atoms with Gasteiger partial charge in [-0.05, 0) is 30.0 Å². The fourth-order valence-corrected chi connectivity index (χ4v) is 2.32. The van der Waals surface area contributed by atoms with Crippen LogP contribution in [0.25, 0.3) is 0 Å². The molecule has 1 saturated heterocycles. The zero-order valence-electron chi connectivity index (χ0n) is 9.98. The number of amides is 1. The van der Waals surface area contributed by atoms with Crippen LogP contribution in [0.3, 0.4) is 0 Å². The molecule has 1 amide bonds. The van der Waals surface area contributed by atoms with Crippen molar-refractivity contribution in [3.05, 3.63) is 28.8 Å². The van der Waals surface area contributed by atoms with Gasteiger partial charge in [-0.25, -0.2) is 0 Å². The number of phenolic OH excluding ortho intramolecular Hbond substituents is 1. The fourth-order valence-electron chi connectivity index (χ4n) is 2.15. The number of hydrogen-bond acceptors (Lipinski definition) is 2. The number of benzene rings is 1. The molecule has 1 aliphatic rings. The molecule has 1 aromatic carbocycles. The molecular weight excluding hydrogens is 238 g/mol. The van der Waals surface area contributed by atoms with Crippen molar-refractivity contribution in [1.82, 2.24) is 4.90 Å². The Balaban J connectivity index is 2.23. The van der Waals surface area contributed by atoms with E-state index in [0.29, 0.717) is 22.4 Å². The van der Waals surface area contributed by atoms with Gasteiger partial charge in [0, 0.05) is 18.1 Å². The highest BCUT2D eigenvalue weighted by Crippen LogP contribution is 2.27. The standard InChI is InChI=1S/C13H16ClNO2/c1-8-6-15(7-9(8)2)13(17)11-5-10(14)3-4-12(11)16/h3-5,8-9,16H,6-7H2,1-2H3. The molecule has 1 heterocycles. The minimum absolute atomic E-state index is 0.00777. The third kappa shape index (κ3) is 2.39. The first kappa shape index (κ1) is 12.2. The molecular formula is C13H16ClNO2. The fraction of sp³-hybridized carbons (Fsp3) is 0.462. The largest absolute Gasteiger partial charge is 0.507 e. The molecule has 2 rings (SSSR count). The number of rotatable bonds is 1. The van der Waals surface area contributed by atoms with Crippen molar-refractivity contribution in [3.63, 3.8) is 0 Å². The van der Waals surface area contributed by atoms with E-state index in [1.807, 2.05) is 0 Å². The van der Waals surface area contributed by atoms with Gasteiger partial charge in [-0.2, -0.15) is 0 Å². The van der Waals surface area contributed by atoms with Gasteiger partial charge in [0.1, 0.15) is 5.75 Å². The maximum atomic E-state index is 12.2. The van der Waals surface area contributed by atoms with E-state index in [-0.39, 0.29) is 11.7 Å². The van der Waals surface area contributed by atoms with Crippen molar-refractivity contribution < 1.29 is 9.90 Å². The van der Waals surface area contributed by atoms with E-state index in [9.17, 15) is 9.90 Å². The second-order valence-electron chi connectivity index (χ2n) is 4.83. The summed E-state index contributed by atoms with van der Waals surface area (Å²) in [6, 6.07) is 4.55. The van der Waals surface area contributed by atoms with Crippen LogP contribution in [0.4, 0.5) is 0 Å². The summed E-state index contributed by atoms with van der Waals surface area (Å²) in [5.41, 5.74) is 0.291. The molecule has 17 heavy (non-hydrogen) atoms. The quantitative estimate of drug-likeness (QED) is 0.836. The molecule has 3 nitrogen and oxygen atoms in total. The lowest BCUT2D eigenvalue weighted by atomic mass is 10.0. The van der Waals surface area contributed by atoms with E-state index in [1.54, 1.807) is 11.0 Å². The van der Waals surface area contributed by atoms with E-state index in [4.69, 9.17) is 11.6 Å². The molecule has 2 atom stereocenters. The second-order valence-corrected chi connectivity index (χ2v) is 5.26. The molecule has 1 aromatic rings. The first-order chi connectivity index (χ1) is 7.99. The maximum absolute atomic E-state index is 12.2. The number of hydrogen-bond donors (Lipinski definition) is 1. The number of carbonyl (C=O) groups is 1. The van der Waals surface area contributed by atoms with E-state index < -0.39 is 0 Å². The third-order valence-electron chi connectivity index (χ3n) is 3.46. The lowest BCUT2D eigenvalue weighted by Gasteiger charge is -2.16. The minimum atomic E-state index is -0.138. The van der Waals surface area contributed by atoms with Gasteiger partial charge in [0.15, 0.2) is 0 Å². The molecule has 0 radical (unpaired) electrons. The van der Waals surface area contributed by atoms with Crippen molar-refractivity contribution in [3.8, 4) is 5.75 Å². The Hall–Kier alpha value is -1.22. The average molecular weight is 254 g/mol. The number of nitrogens with zero attached hydrogens (tertiary/aromatic N) is 1. The van der Waals surface area contributed by atoms with Gasteiger partial charge in [-0.3, -0.25) is 4.79 Å². The van der Waals surface area contributed by atoms with Crippen LogP contribution in [0.1, 0.15) is 24.2 Å². The Morgan fingerprint density at radius 2 is 1.94 bits per heavy atom. The summed E-state index contributed by atoms with van der Waals surface area (Å²) in [5, 5.41) is 10.2. The molecule has 0 saturated carbocycles. The van der Waals surface area contributed by atoms with Crippen LogP contribution in [-0.4, -0.2) is 29.0 Å². The van der Waals surface area contributed by atoms with E-state index in [2.05, 4.69) is 13.8 Å². The Bertz CT molecular complexity index is 437. The summed E-state index contributed by atoms with van der Waals surface area (Å²) in [6.45, 7) is 5.75. The van der Waals surface area contributed by atoms with Gasteiger partial charge in [0.2, 0.25) is 0 Å². The van der Waals surface area contributed by atoms with E-state index in [1.165, 1.54) is 12.1 Å². The monoisotopic (exact) mass is 253 g/mol. The lowest BCUT2D eigenvalue weighted by molar-refractivity contribution is 0.0782. The number of aromatic hydroxyl groups is 1. The number of halogens is 1. The first-order valence-electron chi connectivity index (χ1n) is 5.77. The van der Waals surface area contributed by atoms with Crippen molar-refractivity contribution >= 4 is 17.5 Å². The van der Waals surface area contributed by atoms with Crippen LogP contribution in [0.5, 0.6) is 5.75 Å². The summed E-state index contributed by atoms with van der Waals surface area (Å²) in [7, 11) is 0. The number of likely N-dealkylation sites (tertiary alicyclic amines) is 1. The Kier molecular flexibility index (Phi) is 3.29. The molecule has 1 N–H and O–H groups in total. The summed E-state index contributed by atoms with van der Waals surface area (Å²) >= 11 is 5.84. The smallest absolute Gasteiger partial charge is 0.257 e. The van der Waals surface area contributed by atoms with Crippen molar-refractivity contribution in [2.45, 2.75) is 13.8 Å². The first-order valence-corrected chi connectivity index (χ1v) is 6.14.